The molecule has 20 heavy (non-hydrogen) atoms. The summed E-state index contributed by atoms with van der Waals surface area (Å²) in [4.78, 5) is 8.81. The summed E-state index contributed by atoms with van der Waals surface area (Å²) in [6, 6.07) is 11.7. The third kappa shape index (κ3) is 3.70. The van der Waals surface area contributed by atoms with Gasteiger partial charge in [0.25, 0.3) is 0 Å². The summed E-state index contributed by atoms with van der Waals surface area (Å²) >= 11 is 6.08. The molecule has 1 aliphatic rings. The van der Waals surface area contributed by atoms with Gasteiger partial charge >= 0.3 is 0 Å². The van der Waals surface area contributed by atoms with Crippen molar-refractivity contribution >= 4 is 17.4 Å². The van der Waals surface area contributed by atoms with Gasteiger partial charge in [0.2, 0.25) is 0 Å². The smallest absolute Gasteiger partial charge is 0.163 e. The van der Waals surface area contributed by atoms with E-state index in [9.17, 15) is 0 Å². The van der Waals surface area contributed by atoms with Gasteiger partial charge in [0.1, 0.15) is 11.0 Å². The molecular weight excluding hydrogens is 270 g/mol. The van der Waals surface area contributed by atoms with Crippen molar-refractivity contribution in [3.05, 3.63) is 41.6 Å². The van der Waals surface area contributed by atoms with Crippen LogP contribution < -0.4 is 5.32 Å². The number of benzene rings is 1. The van der Waals surface area contributed by atoms with Crippen LogP contribution in [0.4, 0.5) is 5.82 Å². The number of rotatable bonds is 6. The van der Waals surface area contributed by atoms with E-state index in [1.54, 1.807) is 6.07 Å². The second-order valence-corrected chi connectivity index (χ2v) is 5.67. The van der Waals surface area contributed by atoms with E-state index < -0.39 is 0 Å². The Morgan fingerprint density at radius 2 is 1.95 bits per heavy atom. The Balaban J connectivity index is 1.66. The highest BCUT2D eigenvalue weighted by atomic mass is 35.5. The van der Waals surface area contributed by atoms with Gasteiger partial charge in [0.05, 0.1) is 0 Å². The highest BCUT2D eigenvalue weighted by molar-refractivity contribution is 6.29. The molecule has 0 saturated heterocycles. The van der Waals surface area contributed by atoms with E-state index in [-0.39, 0.29) is 0 Å². The first kappa shape index (κ1) is 13.4. The standard InChI is InChI=1S/C16H18ClN3/c17-14-11-15(18-10-4-5-12-8-9-12)20-16(19-14)13-6-2-1-3-7-13/h1-3,6-7,11-12H,4-5,8-10H2,(H,18,19,20). The SMILES string of the molecule is Clc1cc(NCCCC2CC2)nc(-c2ccccc2)n1. The molecule has 1 saturated carbocycles. The molecular formula is C16H18ClN3. The van der Waals surface area contributed by atoms with Gasteiger partial charge in [-0.3, -0.25) is 0 Å². The monoisotopic (exact) mass is 287 g/mol. The molecule has 3 nitrogen and oxygen atoms in total. The Morgan fingerprint density at radius 1 is 1.15 bits per heavy atom. The van der Waals surface area contributed by atoms with Gasteiger partial charge < -0.3 is 5.32 Å². The van der Waals surface area contributed by atoms with E-state index in [1.165, 1.54) is 25.7 Å². The van der Waals surface area contributed by atoms with E-state index in [1.807, 2.05) is 30.3 Å². The summed E-state index contributed by atoms with van der Waals surface area (Å²) in [5.41, 5.74) is 0.982. The Kier molecular flexibility index (Phi) is 4.16. The molecule has 3 rings (SSSR count). The topological polar surface area (TPSA) is 37.8 Å². The van der Waals surface area contributed by atoms with Crippen LogP contribution in [0.15, 0.2) is 36.4 Å². The summed E-state index contributed by atoms with van der Waals surface area (Å²) in [7, 11) is 0. The molecule has 0 bridgehead atoms. The van der Waals surface area contributed by atoms with E-state index >= 15 is 0 Å². The van der Waals surface area contributed by atoms with Crippen molar-refractivity contribution in [1.82, 2.24) is 9.97 Å². The number of halogens is 1. The summed E-state index contributed by atoms with van der Waals surface area (Å²) in [5.74, 6) is 2.45. The quantitative estimate of drug-likeness (QED) is 0.632. The molecule has 0 atom stereocenters. The predicted octanol–water partition coefficient (Wildman–Crippen LogP) is 4.40. The van der Waals surface area contributed by atoms with Crippen LogP contribution >= 0.6 is 11.6 Å². The van der Waals surface area contributed by atoms with Crippen molar-refractivity contribution in [3.63, 3.8) is 0 Å². The average molecular weight is 288 g/mol. The molecule has 4 heteroatoms. The number of nitrogens with one attached hydrogen (secondary N) is 1. The van der Waals surface area contributed by atoms with Crippen molar-refractivity contribution < 1.29 is 0 Å². The van der Waals surface area contributed by atoms with Gasteiger partial charge in [-0.15, -0.1) is 0 Å². The third-order valence-corrected chi connectivity index (χ3v) is 3.71. The number of aromatic nitrogens is 2. The second kappa shape index (κ2) is 6.23. The van der Waals surface area contributed by atoms with Crippen molar-refractivity contribution in [1.29, 1.82) is 0 Å². The van der Waals surface area contributed by atoms with Gasteiger partial charge in [0.15, 0.2) is 5.82 Å². The van der Waals surface area contributed by atoms with Crippen LogP contribution in [0, 0.1) is 5.92 Å². The maximum absolute atomic E-state index is 6.08. The molecule has 0 unspecified atom stereocenters. The Bertz CT molecular complexity index is 567. The molecule has 1 N–H and O–H groups in total. The summed E-state index contributed by atoms with van der Waals surface area (Å²) in [6.45, 7) is 0.943. The minimum Gasteiger partial charge on any atom is -0.370 e. The van der Waals surface area contributed by atoms with E-state index in [0.717, 1.165) is 23.8 Å². The van der Waals surface area contributed by atoms with Crippen LogP contribution in [-0.4, -0.2) is 16.5 Å². The summed E-state index contributed by atoms with van der Waals surface area (Å²) in [6.07, 6.45) is 5.33. The van der Waals surface area contributed by atoms with Gasteiger partial charge in [0, 0.05) is 18.2 Å². The van der Waals surface area contributed by atoms with Crippen molar-refractivity contribution in [2.45, 2.75) is 25.7 Å². The summed E-state index contributed by atoms with van der Waals surface area (Å²) in [5, 5.41) is 3.82. The lowest BCUT2D eigenvalue weighted by atomic mass is 10.2. The van der Waals surface area contributed by atoms with Crippen molar-refractivity contribution in [2.24, 2.45) is 5.92 Å². The molecule has 0 radical (unpaired) electrons. The molecule has 0 spiro atoms. The van der Waals surface area contributed by atoms with Gasteiger partial charge in [-0.1, -0.05) is 54.8 Å². The largest absolute Gasteiger partial charge is 0.370 e. The Labute approximate surface area is 124 Å². The molecule has 0 aliphatic heterocycles. The van der Waals surface area contributed by atoms with Crippen LogP contribution in [0.5, 0.6) is 0 Å². The van der Waals surface area contributed by atoms with Crippen molar-refractivity contribution in [2.75, 3.05) is 11.9 Å². The van der Waals surface area contributed by atoms with Crippen LogP contribution in [-0.2, 0) is 0 Å². The maximum Gasteiger partial charge on any atom is 0.163 e. The lowest BCUT2D eigenvalue weighted by molar-refractivity contribution is 0.686. The molecule has 1 aromatic carbocycles. The number of hydrogen-bond acceptors (Lipinski definition) is 3. The molecule has 1 aliphatic carbocycles. The fourth-order valence-corrected chi connectivity index (χ4v) is 2.42. The zero-order chi connectivity index (χ0) is 13.8. The molecule has 1 fully saturated rings. The van der Waals surface area contributed by atoms with E-state index in [4.69, 9.17) is 11.6 Å². The summed E-state index contributed by atoms with van der Waals surface area (Å²) < 4.78 is 0. The first-order valence-corrected chi connectivity index (χ1v) is 7.53. The average Bonchev–Trinajstić information content (AvgIpc) is 3.28. The normalized spacial score (nSPS) is 14.2. The van der Waals surface area contributed by atoms with Gasteiger partial charge in [-0.2, -0.15) is 0 Å². The Morgan fingerprint density at radius 3 is 2.70 bits per heavy atom. The molecule has 2 aromatic rings. The fraction of sp³-hybridized carbons (Fsp3) is 0.375. The minimum absolute atomic E-state index is 0.476. The Hall–Kier alpha value is -1.61. The van der Waals surface area contributed by atoms with Gasteiger partial charge in [-0.25, -0.2) is 9.97 Å². The second-order valence-electron chi connectivity index (χ2n) is 5.28. The maximum atomic E-state index is 6.08. The zero-order valence-corrected chi connectivity index (χ0v) is 12.1. The highest BCUT2D eigenvalue weighted by Gasteiger charge is 2.19. The molecule has 1 aromatic heterocycles. The number of nitrogens with zero attached hydrogens (tertiary/aromatic N) is 2. The van der Waals surface area contributed by atoms with E-state index in [0.29, 0.717) is 11.0 Å². The lowest BCUT2D eigenvalue weighted by Crippen LogP contribution is -2.05. The van der Waals surface area contributed by atoms with Crippen LogP contribution in [0.1, 0.15) is 25.7 Å². The third-order valence-electron chi connectivity index (χ3n) is 3.52. The first-order chi connectivity index (χ1) is 9.81. The van der Waals surface area contributed by atoms with Crippen molar-refractivity contribution in [3.8, 4) is 11.4 Å². The lowest BCUT2D eigenvalue weighted by Gasteiger charge is -2.08. The number of anilines is 1. The zero-order valence-electron chi connectivity index (χ0n) is 11.3. The molecule has 1 heterocycles. The van der Waals surface area contributed by atoms with Crippen LogP contribution in [0.25, 0.3) is 11.4 Å². The predicted molar refractivity (Wildman–Crippen MR) is 82.9 cm³/mol. The van der Waals surface area contributed by atoms with Gasteiger partial charge in [-0.05, 0) is 18.8 Å². The molecule has 0 amide bonds. The molecule has 104 valence electrons. The highest BCUT2D eigenvalue weighted by Crippen LogP contribution is 2.33. The minimum atomic E-state index is 0.476. The number of hydrogen-bond donors (Lipinski definition) is 1. The van der Waals surface area contributed by atoms with E-state index in [2.05, 4.69) is 15.3 Å². The van der Waals surface area contributed by atoms with Crippen LogP contribution in [0.3, 0.4) is 0 Å². The fourth-order valence-electron chi connectivity index (χ4n) is 2.24. The van der Waals surface area contributed by atoms with Crippen LogP contribution in [0.2, 0.25) is 5.15 Å². The first-order valence-electron chi connectivity index (χ1n) is 7.15.